The van der Waals surface area contributed by atoms with Crippen LogP contribution in [0.5, 0.6) is 0 Å². The van der Waals surface area contributed by atoms with Crippen LogP contribution in [0.3, 0.4) is 0 Å². The van der Waals surface area contributed by atoms with Crippen LogP contribution in [0.2, 0.25) is 0 Å². The summed E-state index contributed by atoms with van der Waals surface area (Å²) >= 11 is 0. The van der Waals surface area contributed by atoms with Gasteiger partial charge in [-0.1, -0.05) is 30.3 Å². The fraction of sp³-hybridized carbons (Fsp3) is 0.444. The van der Waals surface area contributed by atoms with E-state index in [9.17, 15) is 18.7 Å². The van der Waals surface area contributed by atoms with Crippen molar-refractivity contribution in [2.75, 3.05) is 13.1 Å². The Hall–Kier alpha value is -2.28. The molecule has 1 fully saturated rings. The van der Waals surface area contributed by atoms with Gasteiger partial charge in [0, 0.05) is 19.3 Å². The Labute approximate surface area is 144 Å². The van der Waals surface area contributed by atoms with E-state index in [4.69, 9.17) is 0 Å². The number of rotatable bonds is 5. The largest absolute Gasteiger partial charge is 0.392 e. The van der Waals surface area contributed by atoms with Gasteiger partial charge in [0.05, 0.1) is 6.10 Å². The zero-order valence-electron chi connectivity index (χ0n) is 13.8. The Kier molecular flexibility index (Phi) is 5.43. The van der Waals surface area contributed by atoms with Crippen molar-refractivity contribution in [3.05, 3.63) is 53.9 Å². The molecule has 3 rings (SSSR count). The fourth-order valence-corrected chi connectivity index (χ4v) is 3.23. The van der Waals surface area contributed by atoms with Crippen molar-refractivity contribution < 1.29 is 18.7 Å². The lowest BCUT2D eigenvalue weighted by Crippen LogP contribution is -2.41. The maximum absolute atomic E-state index is 12.6. The molecule has 2 heterocycles. The topological polar surface area (TPSA) is 58.4 Å². The number of carbonyl (C=O) groups excluding carboxylic acids is 1. The highest BCUT2D eigenvalue weighted by Crippen LogP contribution is 2.24. The van der Waals surface area contributed by atoms with Crippen LogP contribution in [-0.4, -0.2) is 44.9 Å². The first-order valence-electron chi connectivity index (χ1n) is 8.39. The monoisotopic (exact) mass is 349 g/mol. The number of nitrogens with zero attached hydrogens (tertiary/aromatic N) is 3. The molecule has 5 nitrogen and oxygen atoms in total. The van der Waals surface area contributed by atoms with Gasteiger partial charge in [-0.15, -0.1) is 0 Å². The molecule has 0 bridgehead atoms. The molecule has 1 atom stereocenters. The number of aliphatic hydroxyl groups excluding tert-OH is 1. The van der Waals surface area contributed by atoms with Crippen molar-refractivity contribution in [1.29, 1.82) is 0 Å². The maximum atomic E-state index is 12.6. The molecule has 0 aliphatic carbocycles. The van der Waals surface area contributed by atoms with E-state index in [-0.39, 0.29) is 17.5 Å². The minimum Gasteiger partial charge on any atom is -0.392 e. The summed E-state index contributed by atoms with van der Waals surface area (Å²) in [6, 6.07) is 11.1. The summed E-state index contributed by atoms with van der Waals surface area (Å²) in [5.41, 5.74) is 1.12. The predicted molar refractivity (Wildman–Crippen MR) is 88.3 cm³/mol. The average molecular weight is 349 g/mol. The lowest BCUT2D eigenvalue weighted by atomic mass is 9.88. The van der Waals surface area contributed by atoms with Gasteiger partial charge in [0.15, 0.2) is 5.69 Å². The molecule has 1 aromatic carbocycles. The zero-order chi connectivity index (χ0) is 17.8. The lowest BCUT2D eigenvalue weighted by molar-refractivity contribution is 0.0446. The van der Waals surface area contributed by atoms with Gasteiger partial charge in [-0.25, -0.2) is 4.68 Å². The van der Waals surface area contributed by atoms with Gasteiger partial charge >= 0.3 is 6.55 Å². The first kappa shape index (κ1) is 17.5. The Morgan fingerprint density at radius 2 is 1.88 bits per heavy atom. The Morgan fingerprint density at radius 1 is 1.20 bits per heavy atom. The molecule has 1 aromatic heterocycles. The van der Waals surface area contributed by atoms with Crippen LogP contribution in [0.15, 0.2) is 42.6 Å². The molecule has 1 aliphatic heterocycles. The van der Waals surface area contributed by atoms with Crippen molar-refractivity contribution in [2.24, 2.45) is 5.92 Å². The SMILES string of the molecule is O=C(c1ccn(C(F)F)n1)N1CCC(C(O)Cc2ccccc2)CC1. The Morgan fingerprint density at radius 3 is 2.48 bits per heavy atom. The first-order chi connectivity index (χ1) is 12.0. The second-order valence-electron chi connectivity index (χ2n) is 6.35. The maximum Gasteiger partial charge on any atom is 0.333 e. The number of halogens is 2. The number of amides is 1. The van der Waals surface area contributed by atoms with Crippen molar-refractivity contribution in [3.8, 4) is 0 Å². The smallest absolute Gasteiger partial charge is 0.333 e. The van der Waals surface area contributed by atoms with Crippen molar-refractivity contribution in [3.63, 3.8) is 0 Å². The van der Waals surface area contributed by atoms with Crippen molar-refractivity contribution in [1.82, 2.24) is 14.7 Å². The summed E-state index contributed by atoms with van der Waals surface area (Å²) in [5, 5.41) is 14.1. The van der Waals surface area contributed by atoms with E-state index >= 15 is 0 Å². The molecule has 1 unspecified atom stereocenters. The van der Waals surface area contributed by atoms with Crippen LogP contribution in [0.25, 0.3) is 0 Å². The fourth-order valence-electron chi connectivity index (χ4n) is 3.23. The molecule has 1 amide bonds. The van der Waals surface area contributed by atoms with Crippen LogP contribution in [0, 0.1) is 5.92 Å². The van der Waals surface area contributed by atoms with Crippen LogP contribution < -0.4 is 0 Å². The molecule has 1 N–H and O–H groups in total. The van der Waals surface area contributed by atoms with Crippen LogP contribution >= 0.6 is 0 Å². The third-order valence-electron chi connectivity index (χ3n) is 4.69. The van der Waals surface area contributed by atoms with Gasteiger partial charge in [-0.2, -0.15) is 13.9 Å². The highest BCUT2D eigenvalue weighted by molar-refractivity contribution is 5.92. The Balaban J connectivity index is 1.53. The van der Waals surface area contributed by atoms with E-state index in [0.29, 0.717) is 37.0 Å². The lowest BCUT2D eigenvalue weighted by Gasteiger charge is -2.34. The standard InChI is InChI=1S/C18H21F2N3O2/c19-18(20)23-11-8-15(21-23)17(25)22-9-6-14(7-10-22)16(24)12-13-4-2-1-3-5-13/h1-5,8,11,14,16,18,24H,6-7,9-10,12H2. The molecule has 2 aromatic rings. The quantitative estimate of drug-likeness (QED) is 0.903. The number of benzene rings is 1. The summed E-state index contributed by atoms with van der Waals surface area (Å²) in [4.78, 5) is 14.0. The van der Waals surface area contributed by atoms with E-state index in [1.54, 1.807) is 4.90 Å². The van der Waals surface area contributed by atoms with Gasteiger partial charge in [-0.05, 0) is 36.8 Å². The number of aromatic nitrogens is 2. The molecule has 0 saturated carbocycles. The second-order valence-corrected chi connectivity index (χ2v) is 6.35. The third kappa shape index (κ3) is 4.22. The van der Waals surface area contributed by atoms with Gasteiger partial charge < -0.3 is 10.0 Å². The van der Waals surface area contributed by atoms with Crippen molar-refractivity contribution >= 4 is 5.91 Å². The van der Waals surface area contributed by atoms with Crippen LogP contribution in [0.1, 0.15) is 35.4 Å². The number of alkyl halides is 2. The Bertz CT molecular complexity index is 697. The van der Waals surface area contributed by atoms with Crippen LogP contribution in [0.4, 0.5) is 8.78 Å². The van der Waals surface area contributed by atoms with Gasteiger partial charge in [0.2, 0.25) is 0 Å². The molecule has 25 heavy (non-hydrogen) atoms. The molecule has 7 heteroatoms. The molecular formula is C18H21F2N3O2. The minimum atomic E-state index is -2.75. The normalized spacial score (nSPS) is 17.0. The number of likely N-dealkylation sites (tertiary alicyclic amines) is 1. The second kappa shape index (κ2) is 7.74. The zero-order valence-corrected chi connectivity index (χ0v) is 13.8. The molecular weight excluding hydrogens is 328 g/mol. The minimum absolute atomic E-state index is 0.0311. The van der Waals surface area contributed by atoms with Crippen molar-refractivity contribution in [2.45, 2.75) is 31.9 Å². The van der Waals surface area contributed by atoms with Gasteiger partial charge in [0.25, 0.3) is 5.91 Å². The molecule has 0 radical (unpaired) electrons. The summed E-state index contributed by atoms with van der Waals surface area (Å²) in [6.45, 7) is -1.76. The van der Waals surface area contributed by atoms with E-state index < -0.39 is 12.7 Å². The summed E-state index contributed by atoms with van der Waals surface area (Å²) in [5.74, 6) is -0.210. The highest BCUT2D eigenvalue weighted by atomic mass is 19.3. The van der Waals surface area contributed by atoms with E-state index in [1.807, 2.05) is 30.3 Å². The van der Waals surface area contributed by atoms with Gasteiger partial charge in [0.1, 0.15) is 0 Å². The molecule has 1 saturated heterocycles. The molecule has 1 aliphatic rings. The highest BCUT2D eigenvalue weighted by Gasteiger charge is 2.29. The molecule has 0 spiro atoms. The third-order valence-corrected chi connectivity index (χ3v) is 4.69. The molecule has 134 valence electrons. The van der Waals surface area contributed by atoms with Crippen LogP contribution in [-0.2, 0) is 6.42 Å². The predicted octanol–water partition coefficient (Wildman–Crippen LogP) is 2.73. The summed E-state index contributed by atoms with van der Waals surface area (Å²) in [6.07, 6.45) is 2.63. The summed E-state index contributed by atoms with van der Waals surface area (Å²) < 4.78 is 25.6. The van der Waals surface area contributed by atoms with Gasteiger partial charge in [-0.3, -0.25) is 4.79 Å². The van der Waals surface area contributed by atoms with E-state index in [0.717, 1.165) is 11.8 Å². The van der Waals surface area contributed by atoms with E-state index in [2.05, 4.69) is 5.10 Å². The number of carbonyl (C=O) groups is 1. The van der Waals surface area contributed by atoms with E-state index in [1.165, 1.54) is 6.07 Å². The first-order valence-corrected chi connectivity index (χ1v) is 8.39. The number of piperidine rings is 1. The number of aliphatic hydroxyl groups is 1. The number of hydrogen-bond donors (Lipinski definition) is 1. The average Bonchev–Trinajstić information content (AvgIpc) is 3.12. The summed E-state index contributed by atoms with van der Waals surface area (Å²) in [7, 11) is 0. The number of hydrogen-bond acceptors (Lipinski definition) is 3.